The van der Waals surface area contributed by atoms with Gasteiger partial charge in [0.1, 0.15) is 0 Å². The minimum Gasteiger partial charge on any atom is -0.385 e. The molecule has 0 spiro atoms. The largest absolute Gasteiger partial charge is 0.385 e. The van der Waals surface area contributed by atoms with Gasteiger partial charge >= 0.3 is 0 Å². The number of nitrogens with one attached hydrogen (secondary N) is 1. The Morgan fingerprint density at radius 2 is 2.11 bits per heavy atom. The SMILES string of the molecule is Cc1cc(NCCCC(=O)N(C)C)ccc1[N+](=O)[O-]. The van der Waals surface area contributed by atoms with Crippen LogP contribution in [0.2, 0.25) is 0 Å². The number of anilines is 1. The first-order chi connectivity index (χ1) is 8.91. The van der Waals surface area contributed by atoms with E-state index in [0.717, 1.165) is 12.1 Å². The van der Waals surface area contributed by atoms with Crippen LogP contribution in [-0.2, 0) is 4.79 Å². The highest BCUT2D eigenvalue weighted by Crippen LogP contribution is 2.21. The summed E-state index contributed by atoms with van der Waals surface area (Å²) in [5, 5.41) is 13.8. The molecule has 6 nitrogen and oxygen atoms in total. The van der Waals surface area contributed by atoms with Gasteiger partial charge in [0.25, 0.3) is 5.69 Å². The maximum Gasteiger partial charge on any atom is 0.272 e. The van der Waals surface area contributed by atoms with Crippen LogP contribution in [0.25, 0.3) is 0 Å². The first-order valence-electron chi connectivity index (χ1n) is 6.11. The monoisotopic (exact) mass is 265 g/mol. The zero-order valence-corrected chi connectivity index (χ0v) is 11.5. The number of rotatable bonds is 6. The van der Waals surface area contributed by atoms with E-state index in [-0.39, 0.29) is 11.6 Å². The molecule has 0 atom stereocenters. The average molecular weight is 265 g/mol. The maximum absolute atomic E-state index is 11.4. The van der Waals surface area contributed by atoms with Crippen molar-refractivity contribution in [3.63, 3.8) is 0 Å². The number of carbonyl (C=O) groups is 1. The van der Waals surface area contributed by atoms with Crippen LogP contribution in [0, 0.1) is 17.0 Å². The molecular formula is C13H19N3O3. The van der Waals surface area contributed by atoms with E-state index in [1.54, 1.807) is 38.1 Å². The molecule has 1 aromatic rings. The van der Waals surface area contributed by atoms with Gasteiger partial charge in [-0.1, -0.05) is 0 Å². The minimum absolute atomic E-state index is 0.0988. The number of hydrogen-bond acceptors (Lipinski definition) is 4. The van der Waals surface area contributed by atoms with Gasteiger partial charge in [0.2, 0.25) is 5.91 Å². The van der Waals surface area contributed by atoms with Crippen molar-refractivity contribution in [3.8, 4) is 0 Å². The Hall–Kier alpha value is -2.11. The number of benzene rings is 1. The molecule has 0 heterocycles. The maximum atomic E-state index is 11.4. The van der Waals surface area contributed by atoms with Gasteiger partial charge in [-0.25, -0.2) is 0 Å². The third-order valence-electron chi connectivity index (χ3n) is 2.79. The van der Waals surface area contributed by atoms with Crippen LogP contribution in [0.4, 0.5) is 11.4 Å². The van der Waals surface area contributed by atoms with E-state index in [1.165, 1.54) is 6.07 Å². The first-order valence-corrected chi connectivity index (χ1v) is 6.11. The van der Waals surface area contributed by atoms with E-state index < -0.39 is 4.92 Å². The summed E-state index contributed by atoms with van der Waals surface area (Å²) in [5.41, 5.74) is 1.58. The summed E-state index contributed by atoms with van der Waals surface area (Å²) in [6, 6.07) is 4.91. The molecule has 0 fully saturated rings. The predicted molar refractivity (Wildman–Crippen MR) is 74.3 cm³/mol. The lowest BCUT2D eigenvalue weighted by Gasteiger charge is -2.11. The number of amides is 1. The van der Waals surface area contributed by atoms with Crippen LogP contribution >= 0.6 is 0 Å². The Kier molecular flexibility index (Phi) is 5.29. The number of carbonyl (C=O) groups excluding carboxylic acids is 1. The molecule has 1 amide bonds. The van der Waals surface area contributed by atoms with Crippen molar-refractivity contribution >= 4 is 17.3 Å². The summed E-state index contributed by atoms with van der Waals surface area (Å²) in [7, 11) is 3.46. The third-order valence-corrected chi connectivity index (χ3v) is 2.79. The lowest BCUT2D eigenvalue weighted by molar-refractivity contribution is -0.385. The zero-order chi connectivity index (χ0) is 14.4. The molecule has 1 rings (SSSR count). The highest BCUT2D eigenvalue weighted by molar-refractivity contribution is 5.75. The molecule has 0 saturated carbocycles. The Morgan fingerprint density at radius 1 is 1.42 bits per heavy atom. The standard InChI is InChI=1S/C13H19N3O3/c1-10-9-11(6-7-12(10)16(18)19)14-8-4-5-13(17)15(2)3/h6-7,9,14H,4-5,8H2,1-3H3. The highest BCUT2D eigenvalue weighted by atomic mass is 16.6. The molecule has 0 aliphatic rings. The normalized spacial score (nSPS) is 10.1. The van der Waals surface area contributed by atoms with Crippen LogP contribution in [0.15, 0.2) is 18.2 Å². The molecule has 0 unspecified atom stereocenters. The number of nitrogens with zero attached hydrogens (tertiary/aromatic N) is 2. The second-order valence-corrected chi connectivity index (χ2v) is 4.58. The molecule has 6 heteroatoms. The molecule has 19 heavy (non-hydrogen) atoms. The van der Waals surface area contributed by atoms with Crippen molar-refractivity contribution in [2.45, 2.75) is 19.8 Å². The van der Waals surface area contributed by atoms with E-state index in [1.807, 2.05) is 0 Å². The second kappa shape index (κ2) is 6.72. The van der Waals surface area contributed by atoms with Crippen LogP contribution in [0.3, 0.4) is 0 Å². The quantitative estimate of drug-likeness (QED) is 0.486. The summed E-state index contributed by atoms with van der Waals surface area (Å²) in [4.78, 5) is 23.2. The number of nitro benzene ring substituents is 1. The third kappa shape index (κ3) is 4.57. The summed E-state index contributed by atoms with van der Waals surface area (Å²) in [6.45, 7) is 2.37. The molecule has 104 valence electrons. The van der Waals surface area contributed by atoms with Gasteiger partial charge < -0.3 is 10.2 Å². The van der Waals surface area contributed by atoms with Gasteiger partial charge in [0.15, 0.2) is 0 Å². The predicted octanol–water partition coefficient (Wildman–Crippen LogP) is 2.18. The van der Waals surface area contributed by atoms with Crippen LogP contribution < -0.4 is 5.32 Å². The number of nitro groups is 1. The Bertz CT molecular complexity index is 472. The van der Waals surface area contributed by atoms with Gasteiger partial charge in [-0.3, -0.25) is 14.9 Å². The Balaban J connectivity index is 2.44. The summed E-state index contributed by atoms with van der Waals surface area (Å²) in [6.07, 6.45) is 1.22. The van der Waals surface area contributed by atoms with E-state index in [4.69, 9.17) is 0 Å². The summed E-state index contributed by atoms with van der Waals surface area (Å²) < 4.78 is 0. The number of hydrogen-bond donors (Lipinski definition) is 1. The average Bonchev–Trinajstić information content (AvgIpc) is 2.33. The van der Waals surface area contributed by atoms with Crippen LogP contribution in [0.5, 0.6) is 0 Å². The Morgan fingerprint density at radius 3 is 2.63 bits per heavy atom. The zero-order valence-electron chi connectivity index (χ0n) is 11.5. The lowest BCUT2D eigenvalue weighted by atomic mass is 10.2. The molecule has 0 radical (unpaired) electrons. The van der Waals surface area contributed by atoms with Crippen molar-refractivity contribution in [2.75, 3.05) is 26.0 Å². The molecule has 1 aromatic carbocycles. The van der Waals surface area contributed by atoms with Gasteiger partial charge in [-0.15, -0.1) is 0 Å². The molecule has 0 aliphatic carbocycles. The molecule has 0 bridgehead atoms. The summed E-state index contributed by atoms with van der Waals surface area (Å²) >= 11 is 0. The summed E-state index contributed by atoms with van der Waals surface area (Å²) in [5.74, 6) is 0.0988. The second-order valence-electron chi connectivity index (χ2n) is 4.58. The van der Waals surface area contributed by atoms with Crippen molar-refractivity contribution in [2.24, 2.45) is 0 Å². The molecule has 0 saturated heterocycles. The topological polar surface area (TPSA) is 75.5 Å². The minimum atomic E-state index is -0.394. The van der Waals surface area contributed by atoms with Gasteiger partial charge in [0, 0.05) is 44.4 Å². The van der Waals surface area contributed by atoms with Gasteiger partial charge in [-0.05, 0) is 25.5 Å². The first kappa shape index (κ1) is 14.9. The van der Waals surface area contributed by atoms with E-state index in [0.29, 0.717) is 18.5 Å². The van der Waals surface area contributed by atoms with Gasteiger partial charge in [0.05, 0.1) is 4.92 Å². The molecular weight excluding hydrogens is 246 g/mol. The fourth-order valence-corrected chi connectivity index (χ4v) is 1.67. The van der Waals surface area contributed by atoms with E-state index in [2.05, 4.69) is 5.32 Å². The van der Waals surface area contributed by atoms with Crippen LogP contribution in [-0.4, -0.2) is 36.4 Å². The smallest absolute Gasteiger partial charge is 0.272 e. The Labute approximate surface area is 112 Å². The van der Waals surface area contributed by atoms with Crippen molar-refractivity contribution in [3.05, 3.63) is 33.9 Å². The molecule has 0 aromatic heterocycles. The van der Waals surface area contributed by atoms with E-state index in [9.17, 15) is 14.9 Å². The van der Waals surface area contributed by atoms with Crippen molar-refractivity contribution in [1.29, 1.82) is 0 Å². The van der Waals surface area contributed by atoms with Crippen LogP contribution in [0.1, 0.15) is 18.4 Å². The van der Waals surface area contributed by atoms with E-state index >= 15 is 0 Å². The molecule has 1 N–H and O–H groups in total. The van der Waals surface area contributed by atoms with Crippen molar-refractivity contribution in [1.82, 2.24) is 4.90 Å². The fraction of sp³-hybridized carbons (Fsp3) is 0.462. The fourth-order valence-electron chi connectivity index (χ4n) is 1.67. The lowest BCUT2D eigenvalue weighted by Crippen LogP contribution is -2.22. The van der Waals surface area contributed by atoms with Crippen molar-refractivity contribution < 1.29 is 9.72 Å². The molecule has 0 aliphatic heterocycles. The highest BCUT2D eigenvalue weighted by Gasteiger charge is 2.09. The number of aryl methyl sites for hydroxylation is 1. The van der Waals surface area contributed by atoms with Gasteiger partial charge in [-0.2, -0.15) is 0 Å².